The lowest BCUT2D eigenvalue weighted by atomic mass is 9.96. The number of alkyl halides is 6. The van der Waals surface area contributed by atoms with Gasteiger partial charge in [0.05, 0.1) is 22.4 Å². The molecule has 0 fully saturated rings. The van der Waals surface area contributed by atoms with Crippen molar-refractivity contribution >= 4 is 23.3 Å². The van der Waals surface area contributed by atoms with E-state index in [0.717, 1.165) is 12.1 Å². The molecule has 1 aliphatic rings. The van der Waals surface area contributed by atoms with E-state index >= 15 is 0 Å². The maximum absolute atomic E-state index is 13.0. The molecule has 4 nitrogen and oxygen atoms in total. The van der Waals surface area contributed by atoms with E-state index < -0.39 is 46.8 Å². The topological polar surface area (TPSA) is 54.5 Å². The van der Waals surface area contributed by atoms with Crippen molar-refractivity contribution in [2.45, 2.75) is 12.4 Å². The Hall–Kier alpha value is -3.17. The Labute approximate surface area is 147 Å². The van der Waals surface area contributed by atoms with E-state index in [1.165, 1.54) is 12.1 Å². The lowest BCUT2D eigenvalue weighted by Crippen LogP contribution is -2.46. The number of hydrogen-bond donors (Lipinski definition) is 0. The molecule has 10 heteroatoms. The van der Waals surface area contributed by atoms with Crippen LogP contribution >= 0.6 is 0 Å². The standard InChI is InChI=1S/C17H7F6NO3/c18-16(19,20)8-5-9(17(21,22)23)7-10(6-8)24-14(26)12-4-2-1-3-11(12)13(25)15(24)27/h1-7H. The van der Waals surface area contributed by atoms with Gasteiger partial charge < -0.3 is 0 Å². The molecular formula is C17H7F6NO3. The summed E-state index contributed by atoms with van der Waals surface area (Å²) >= 11 is 0. The van der Waals surface area contributed by atoms with Crippen LogP contribution in [0.1, 0.15) is 31.8 Å². The molecule has 0 radical (unpaired) electrons. The first-order valence-electron chi connectivity index (χ1n) is 7.23. The van der Waals surface area contributed by atoms with Gasteiger partial charge in [-0.3, -0.25) is 14.4 Å². The summed E-state index contributed by atoms with van der Waals surface area (Å²) in [6, 6.07) is 5.30. The van der Waals surface area contributed by atoms with E-state index in [0.29, 0.717) is 0 Å². The van der Waals surface area contributed by atoms with Crippen LogP contribution in [0.3, 0.4) is 0 Å². The fraction of sp³-hybridized carbons (Fsp3) is 0.118. The number of anilines is 1. The maximum atomic E-state index is 13.0. The molecule has 0 atom stereocenters. The van der Waals surface area contributed by atoms with Crippen LogP contribution in [0.4, 0.5) is 32.0 Å². The van der Waals surface area contributed by atoms with Crippen molar-refractivity contribution in [2.75, 3.05) is 4.90 Å². The van der Waals surface area contributed by atoms with E-state index in [2.05, 4.69) is 0 Å². The number of carbonyl (C=O) groups excluding carboxylic acids is 3. The molecule has 2 aromatic rings. The molecule has 0 aromatic heterocycles. The summed E-state index contributed by atoms with van der Waals surface area (Å²) in [5, 5.41) is 0. The summed E-state index contributed by atoms with van der Waals surface area (Å²) in [4.78, 5) is 36.8. The maximum Gasteiger partial charge on any atom is 0.416 e. The Kier molecular flexibility index (Phi) is 4.09. The van der Waals surface area contributed by atoms with E-state index in [9.17, 15) is 40.7 Å². The minimum Gasteiger partial charge on any atom is -0.283 e. The summed E-state index contributed by atoms with van der Waals surface area (Å²) in [6.45, 7) is 0. The van der Waals surface area contributed by atoms with E-state index in [1.54, 1.807) is 0 Å². The molecule has 0 saturated carbocycles. The second-order valence-corrected chi connectivity index (χ2v) is 5.58. The minimum absolute atomic E-state index is 0.0230. The van der Waals surface area contributed by atoms with Gasteiger partial charge in [0.1, 0.15) is 0 Å². The van der Waals surface area contributed by atoms with Crippen molar-refractivity contribution < 1.29 is 40.7 Å². The fourth-order valence-electron chi connectivity index (χ4n) is 2.60. The second-order valence-electron chi connectivity index (χ2n) is 5.58. The van der Waals surface area contributed by atoms with Gasteiger partial charge in [-0.05, 0) is 24.3 Å². The molecule has 140 valence electrons. The summed E-state index contributed by atoms with van der Waals surface area (Å²) in [7, 11) is 0. The highest BCUT2D eigenvalue weighted by atomic mass is 19.4. The summed E-state index contributed by atoms with van der Waals surface area (Å²) < 4.78 is 77.9. The Bertz CT molecular complexity index is 945. The molecule has 1 heterocycles. The number of Topliss-reactive ketones (excluding diaryl/α,β-unsaturated/α-hetero) is 1. The Balaban J connectivity index is 2.23. The number of carbonyl (C=O) groups is 3. The number of ketones is 1. The summed E-state index contributed by atoms with van der Waals surface area (Å²) in [5.41, 5.74) is -4.98. The first-order valence-corrected chi connectivity index (χ1v) is 7.23. The zero-order chi connectivity index (χ0) is 20.1. The van der Waals surface area contributed by atoms with Crippen LogP contribution < -0.4 is 4.90 Å². The van der Waals surface area contributed by atoms with Crippen molar-refractivity contribution in [3.05, 3.63) is 64.7 Å². The zero-order valence-electron chi connectivity index (χ0n) is 13.0. The van der Waals surface area contributed by atoms with Gasteiger partial charge in [0.15, 0.2) is 0 Å². The third-order valence-corrected chi connectivity index (χ3v) is 3.83. The number of hydrogen-bond acceptors (Lipinski definition) is 3. The zero-order valence-corrected chi connectivity index (χ0v) is 13.0. The number of imide groups is 1. The summed E-state index contributed by atoms with van der Waals surface area (Å²) in [5.74, 6) is -3.94. The highest BCUT2D eigenvalue weighted by Gasteiger charge is 2.42. The lowest BCUT2D eigenvalue weighted by molar-refractivity contribution is -0.143. The highest BCUT2D eigenvalue weighted by molar-refractivity contribution is 6.55. The predicted molar refractivity (Wildman–Crippen MR) is 79.0 cm³/mol. The van der Waals surface area contributed by atoms with Crippen molar-refractivity contribution in [2.24, 2.45) is 0 Å². The largest absolute Gasteiger partial charge is 0.416 e. The molecule has 0 saturated heterocycles. The van der Waals surface area contributed by atoms with Gasteiger partial charge in [0.2, 0.25) is 0 Å². The monoisotopic (exact) mass is 387 g/mol. The fourth-order valence-corrected chi connectivity index (χ4v) is 2.60. The van der Waals surface area contributed by atoms with Crippen LogP contribution in [0.5, 0.6) is 0 Å². The van der Waals surface area contributed by atoms with Crippen LogP contribution in [-0.2, 0) is 17.1 Å². The normalized spacial score (nSPS) is 15.2. The molecule has 0 spiro atoms. The van der Waals surface area contributed by atoms with E-state index in [4.69, 9.17) is 0 Å². The number of amides is 2. The molecule has 0 bridgehead atoms. The third-order valence-electron chi connectivity index (χ3n) is 3.83. The van der Waals surface area contributed by atoms with E-state index in [-0.39, 0.29) is 34.2 Å². The molecule has 2 aromatic carbocycles. The minimum atomic E-state index is -5.17. The van der Waals surface area contributed by atoms with Crippen molar-refractivity contribution in [1.29, 1.82) is 0 Å². The number of fused-ring (bicyclic) bond motifs is 1. The SMILES string of the molecule is O=C1C(=O)N(c2cc(C(F)(F)F)cc(C(F)(F)F)c2)C(=O)c2ccccc21. The van der Waals surface area contributed by atoms with Crippen LogP contribution in [-0.4, -0.2) is 17.6 Å². The number of nitrogens with zero attached hydrogens (tertiary/aromatic N) is 1. The number of halogens is 6. The van der Waals surface area contributed by atoms with Crippen LogP contribution in [0, 0.1) is 0 Å². The Morgan fingerprint density at radius 2 is 1.15 bits per heavy atom. The Morgan fingerprint density at radius 1 is 0.667 bits per heavy atom. The first-order chi connectivity index (χ1) is 12.4. The molecule has 0 unspecified atom stereocenters. The van der Waals surface area contributed by atoms with Crippen molar-refractivity contribution in [3.63, 3.8) is 0 Å². The molecular weight excluding hydrogens is 380 g/mol. The number of benzene rings is 2. The average molecular weight is 387 g/mol. The van der Waals surface area contributed by atoms with Crippen LogP contribution in [0.25, 0.3) is 0 Å². The Morgan fingerprint density at radius 3 is 1.63 bits per heavy atom. The summed E-state index contributed by atoms with van der Waals surface area (Å²) in [6.07, 6.45) is -10.3. The van der Waals surface area contributed by atoms with Crippen LogP contribution in [0.15, 0.2) is 42.5 Å². The molecule has 1 aliphatic heterocycles. The van der Waals surface area contributed by atoms with Gasteiger partial charge in [-0.1, -0.05) is 18.2 Å². The molecule has 0 N–H and O–H groups in total. The van der Waals surface area contributed by atoms with Crippen molar-refractivity contribution in [3.8, 4) is 0 Å². The first kappa shape index (κ1) is 18.6. The predicted octanol–water partition coefficient (Wildman–Crippen LogP) is 4.09. The molecule has 27 heavy (non-hydrogen) atoms. The van der Waals surface area contributed by atoms with Crippen molar-refractivity contribution in [1.82, 2.24) is 0 Å². The highest BCUT2D eigenvalue weighted by Crippen LogP contribution is 2.39. The number of rotatable bonds is 1. The smallest absolute Gasteiger partial charge is 0.283 e. The molecule has 3 rings (SSSR count). The van der Waals surface area contributed by atoms with Gasteiger partial charge in [-0.25, -0.2) is 4.90 Å². The van der Waals surface area contributed by atoms with Gasteiger partial charge in [-0.15, -0.1) is 0 Å². The van der Waals surface area contributed by atoms with Gasteiger partial charge in [-0.2, -0.15) is 26.3 Å². The second kappa shape index (κ2) is 5.93. The average Bonchev–Trinajstić information content (AvgIpc) is 2.58. The molecule has 2 amide bonds. The van der Waals surface area contributed by atoms with Gasteiger partial charge in [0.25, 0.3) is 11.7 Å². The van der Waals surface area contributed by atoms with E-state index in [1.807, 2.05) is 0 Å². The third kappa shape index (κ3) is 3.18. The van der Waals surface area contributed by atoms with Crippen LogP contribution in [0.2, 0.25) is 0 Å². The quantitative estimate of drug-likeness (QED) is 0.421. The van der Waals surface area contributed by atoms with Gasteiger partial charge in [0, 0.05) is 5.56 Å². The van der Waals surface area contributed by atoms with Gasteiger partial charge >= 0.3 is 18.3 Å². The lowest BCUT2D eigenvalue weighted by Gasteiger charge is -2.27. The molecule has 0 aliphatic carbocycles.